The van der Waals surface area contributed by atoms with Crippen molar-refractivity contribution in [3.05, 3.63) is 11.6 Å². The number of hydroxylamine groups is 1. The fourth-order valence-electron chi connectivity index (χ4n) is 3.21. The number of hydrogen-bond donors (Lipinski definition) is 1. The topological polar surface area (TPSA) is 55.4 Å². The van der Waals surface area contributed by atoms with Gasteiger partial charge in [0.25, 0.3) is 0 Å². The van der Waals surface area contributed by atoms with E-state index in [9.17, 15) is 9.59 Å². The molecule has 0 bridgehead atoms. The van der Waals surface area contributed by atoms with Crippen molar-refractivity contribution >= 4 is 23.3 Å². The number of rotatable bonds is 6. The average molecular weight is 325 g/mol. The summed E-state index contributed by atoms with van der Waals surface area (Å²) in [7, 11) is 0. The Hall–Kier alpha value is -0.650. The van der Waals surface area contributed by atoms with Crippen LogP contribution in [0.3, 0.4) is 0 Å². The Morgan fingerprint density at radius 2 is 2.00 bits per heavy atom. The summed E-state index contributed by atoms with van der Waals surface area (Å²) < 4.78 is 0. The van der Waals surface area contributed by atoms with Crippen LogP contribution in [0, 0.1) is 11.8 Å². The summed E-state index contributed by atoms with van der Waals surface area (Å²) in [5.74, 6) is 3.16. The van der Waals surface area contributed by atoms with Gasteiger partial charge in [-0.3, -0.25) is 9.59 Å². The lowest BCUT2D eigenvalue weighted by Gasteiger charge is -2.32. The Bertz CT molecular complexity index is 410. The van der Waals surface area contributed by atoms with E-state index in [1.165, 1.54) is 18.6 Å². The standard InChI is InChI=1S/C17H27NO3S/c1-3-14(18-21-4-2)10-15-16(19)8-13(9-17(15)20)12-6-5-7-22-11-12/h10,12-14,18H,3-9,11H2,1-2H3. The molecule has 1 heterocycles. The Morgan fingerprint density at radius 3 is 2.55 bits per heavy atom. The van der Waals surface area contributed by atoms with Crippen LogP contribution in [0.25, 0.3) is 0 Å². The lowest BCUT2D eigenvalue weighted by molar-refractivity contribution is -0.126. The number of nitrogens with one attached hydrogen (secondary N) is 1. The summed E-state index contributed by atoms with van der Waals surface area (Å²) in [5.41, 5.74) is 3.29. The normalized spacial score (nSPS) is 27.8. The van der Waals surface area contributed by atoms with E-state index in [1.807, 2.05) is 25.6 Å². The zero-order valence-corrected chi connectivity index (χ0v) is 14.4. The monoisotopic (exact) mass is 325 g/mol. The largest absolute Gasteiger partial charge is 0.302 e. The third-order valence-electron chi connectivity index (χ3n) is 4.54. The molecule has 5 heteroatoms. The Morgan fingerprint density at radius 1 is 1.27 bits per heavy atom. The van der Waals surface area contributed by atoms with Crippen LogP contribution < -0.4 is 5.48 Å². The molecule has 4 nitrogen and oxygen atoms in total. The second kappa shape index (κ2) is 8.85. The van der Waals surface area contributed by atoms with Gasteiger partial charge in [0.1, 0.15) is 0 Å². The Kier molecular flexibility index (Phi) is 7.12. The molecule has 0 amide bonds. The fraction of sp³-hybridized carbons (Fsp3) is 0.765. The van der Waals surface area contributed by atoms with Crippen LogP contribution in [0.2, 0.25) is 0 Å². The molecule has 2 atom stereocenters. The molecule has 0 spiro atoms. The smallest absolute Gasteiger partial charge is 0.166 e. The molecule has 0 aromatic heterocycles. The molecule has 1 saturated heterocycles. The van der Waals surface area contributed by atoms with Crippen molar-refractivity contribution in [3.8, 4) is 0 Å². The van der Waals surface area contributed by atoms with E-state index < -0.39 is 0 Å². The first-order valence-corrected chi connectivity index (χ1v) is 9.54. The van der Waals surface area contributed by atoms with E-state index in [-0.39, 0.29) is 23.5 Å². The van der Waals surface area contributed by atoms with Crippen LogP contribution in [-0.4, -0.2) is 35.7 Å². The Labute approximate surface area is 137 Å². The molecule has 2 rings (SSSR count). The molecule has 22 heavy (non-hydrogen) atoms. The lowest BCUT2D eigenvalue weighted by atomic mass is 9.75. The summed E-state index contributed by atoms with van der Waals surface area (Å²) in [6.07, 6.45) is 6.01. The molecular formula is C17H27NO3S. The molecule has 124 valence electrons. The summed E-state index contributed by atoms with van der Waals surface area (Å²) >= 11 is 1.96. The zero-order chi connectivity index (χ0) is 15.9. The first-order valence-electron chi connectivity index (χ1n) is 8.38. The van der Waals surface area contributed by atoms with Crippen molar-refractivity contribution in [1.29, 1.82) is 0 Å². The number of Topliss-reactive ketones (excluding diaryl/α,β-unsaturated/α-hetero) is 2. The molecule has 0 aromatic carbocycles. The molecule has 1 aliphatic carbocycles. The van der Waals surface area contributed by atoms with Crippen molar-refractivity contribution in [2.24, 2.45) is 11.8 Å². The van der Waals surface area contributed by atoms with Gasteiger partial charge in [0.15, 0.2) is 11.6 Å². The van der Waals surface area contributed by atoms with Gasteiger partial charge in [-0.05, 0) is 49.5 Å². The summed E-state index contributed by atoms with van der Waals surface area (Å²) in [6.45, 7) is 4.47. The van der Waals surface area contributed by atoms with Gasteiger partial charge in [-0.25, -0.2) is 0 Å². The number of allylic oxidation sites excluding steroid dienone is 1. The molecule has 1 N–H and O–H groups in total. The number of carbonyl (C=O) groups excluding carboxylic acids is 2. The van der Waals surface area contributed by atoms with Gasteiger partial charge in [-0.1, -0.05) is 13.0 Å². The average Bonchev–Trinajstić information content (AvgIpc) is 2.54. The molecule has 0 radical (unpaired) electrons. The van der Waals surface area contributed by atoms with E-state index in [0.717, 1.165) is 12.2 Å². The van der Waals surface area contributed by atoms with Crippen LogP contribution in [0.4, 0.5) is 0 Å². The van der Waals surface area contributed by atoms with Gasteiger partial charge in [0.05, 0.1) is 18.2 Å². The molecule has 1 aliphatic heterocycles. The van der Waals surface area contributed by atoms with Crippen molar-refractivity contribution in [3.63, 3.8) is 0 Å². The van der Waals surface area contributed by atoms with E-state index in [2.05, 4.69) is 5.48 Å². The molecule has 2 unspecified atom stereocenters. The minimum absolute atomic E-state index is 0.0218. The lowest BCUT2D eigenvalue weighted by Crippen LogP contribution is -2.34. The quantitative estimate of drug-likeness (QED) is 0.462. The van der Waals surface area contributed by atoms with Crippen LogP contribution in [0.15, 0.2) is 11.6 Å². The highest BCUT2D eigenvalue weighted by atomic mass is 32.2. The highest BCUT2D eigenvalue weighted by Crippen LogP contribution is 2.36. The SMILES string of the molecule is CCONC(C=C1C(=O)CC(C2CCCSC2)CC1=O)CC. The molecule has 2 aliphatic rings. The maximum atomic E-state index is 12.4. The predicted molar refractivity (Wildman–Crippen MR) is 89.7 cm³/mol. The first kappa shape index (κ1) is 17.7. The maximum Gasteiger partial charge on any atom is 0.166 e. The molecular weight excluding hydrogens is 298 g/mol. The van der Waals surface area contributed by atoms with Gasteiger partial charge >= 0.3 is 0 Å². The zero-order valence-electron chi connectivity index (χ0n) is 13.6. The van der Waals surface area contributed by atoms with Crippen LogP contribution in [0.1, 0.15) is 46.0 Å². The van der Waals surface area contributed by atoms with Crippen molar-refractivity contribution in [2.75, 3.05) is 18.1 Å². The summed E-state index contributed by atoms with van der Waals surface area (Å²) in [6, 6.07) is -0.0790. The Balaban J connectivity index is 2.00. The first-order chi connectivity index (χ1) is 10.7. The summed E-state index contributed by atoms with van der Waals surface area (Å²) in [4.78, 5) is 30.0. The minimum Gasteiger partial charge on any atom is -0.302 e. The predicted octanol–water partition coefficient (Wildman–Crippen LogP) is 2.92. The second-order valence-electron chi connectivity index (χ2n) is 6.14. The number of ketones is 2. The highest BCUT2D eigenvalue weighted by molar-refractivity contribution is 7.99. The van der Waals surface area contributed by atoms with Crippen LogP contribution in [-0.2, 0) is 14.4 Å². The van der Waals surface area contributed by atoms with Gasteiger partial charge in [0.2, 0.25) is 0 Å². The van der Waals surface area contributed by atoms with E-state index in [4.69, 9.17) is 4.84 Å². The maximum absolute atomic E-state index is 12.4. The fourth-order valence-corrected chi connectivity index (χ4v) is 4.49. The molecule has 0 aromatic rings. The third kappa shape index (κ3) is 4.67. The number of hydrogen-bond acceptors (Lipinski definition) is 5. The van der Waals surface area contributed by atoms with Gasteiger partial charge < -0.3 is 4.84 Å². The minimum atomic E-state index is -0.0790. The van der Waals surface area contributed by atoms with E-state index in [0.29, 0.717) is 30.9 Å². The third-order valence-corrected chi connectivity index (χ3v) is 5.79. The van der Waals surface area contributed by atoms with E-state index >= 15 is 0 Å². The van der Waals surface area contributed by atoms with Gasteiger partial charge in [-0.2, -0.15) is 17.2 Å². The van der Waals surface area contributed by atoms with Crippen molar-refractivity contribution < 1.29 is 14.4 Å². The van der Waals surface area contributed by atoms with Gasteiger partial charge in [-0.15, -0.1) is 0 Å². The number of carbonyl (C=O) groups is 2. The summed E-state index contributed by atoms with van der Waals surface area (Å²) in [5, 5.41) is 0. The van der Waals surface area contributed by atoms with E-state index in [1.54, 1.807) is 6.08 Å². The second-order valence-corrected chi connectivity index (χ2v) is 7.29. The van der Waals surface area contributed by atoms with Crippen LogP contribution >= 0.6 is 11.8 Å². The highest BCUT2D eigenvalue weighted by Gasteiger charge is 2.35. The van der Waals surface area contributed by atoms with Crippen LogP contribution in [0.5, 0.6) is 0 Å². The van der Waals surface area contributed by atoms with Gasteiger partial charge in [0, 0.05) is 12.8 Å². The molecule has 2 fully saturated rings. The number of thioether (sulfide) groups is 1. The molecule has 1 saturated carbocycles. The van der Waals surface area contributed by atoms with Crippen molar-refractivity contribution in [2.45, 2.75) is 52.0 Å². The van der Waals surface area contributed by atoms with Crippen molar-refractivity contribution in [1.82, 2.24) is 5.48 Å².